The molecule has 0 saturated heterocycles. The Morgan fingerprint density at radius 1 is 1.31 bits per heavy atom. The van der Waals surface area contributed by atoms with Crippen molar-refractivity contribution in [3.05, 3.63) is 18.0 Å². The Balaban J connectivity index is 2.38. The number of aryl methyl sites for hydroxylation is 1. The Bertz CT molecular complexity index is 289. The summed E-state index contributed by atoms with van der Waals surface area (Å²) >= 11 is 0. The molecule has 1 aromatic heterocycles. The van der Waals surface area contributed by atoms with E-state index in [-0.39, 0.29) is 0 Å². The van der Waals surface area contributed by atoms with E-state index in [2.05, 4.69) is 44.3 Å². The van der Waals surface area contributed by atoms with E-state index in [0.29, 0.717) is 6.04 Å². The molecule has 1 aromatic rings. The van der Waals surface area contributed by atoms with Gasteiger partial charge in [0.25, 0.3) is 0 Å². The van der Waals surface area contributed by atoms with Crippen LogP contribution in [0.15, 0.2) is 12.4 Å². The predicted octanol–water partition coefficient (Wildman–Crippen LogP) is 2.82. The summed E-state index contributed by atoms with van der Waals surface area (Å²) in [5.74, 6) is 0.779. The van der Waals surface area contributed by atoms with Gasteiger partial charge in [-0.15, -0.1) is 0 Å². The SMILES string of the molecule is CCC(CC)C(C)NCc1cnn(CC)c1. The van der Waals surface area contributed by atoms with Crippen LogP contribution in [0.1, 0.15) is 46.1 Å². The first-order valence-electron chi connectivity index (χ1n) is 6.45. The van der Waals surface area contributed by atoms with Gasteiger partial charge in [-0.05, 0) is 19.8 Å². The maximum absolute atomic E-state index is 4.27. The van der Waals surface area contributed by atoms with Crippen molar-refractivity contribution < 1.29 is 0 Å². The number of hydrogen-bond donors (Lipinski definition) is 1. The fraction of sp³-hybridized carbons (Fsp3) is 0.769. The quantitative estimate of drug-likeness (QED) is 0.770. The molecule has 0 aromatic carbocycles. The Morgan fingerprint density at radius 3 is 2.50 bits per heavy atom. The van der Waals surface area contributed by atoms with Crippen molar-refractivity contribution in [2.45, 2.75) is 59.7 Å². The Kier molecular flexibility index (Phi) is 5.53. The standard InChI is InChI=1S/C13H25N3/c1-5-13(6-2)11(4)14-8-12-9-15-16(7-3)10-12/h9-11,13-14H,5-8H2,1-4H3. The minimum Gasteiger partial charge on any atom is -0.310 e. The van der Waals surface area contributed by atoms with Crippen molar-refractivity contribution in [1.29, 1.82) is 0 Å². The molecule has 3 nitrogen and oxygen atoms in total. The Labute approximate surface area is 99.2 Å². The van der Waals surface area contributed by atoms with Crippen LogP contribution in [0, 0.1) is 5.92 Å². The first-order chi connectivity index (χ1) is 7.71. The number of aromatic nitrogens is 2. The molecule has 1 N–H and O–H groups in total. The van der Waals surface area contributed by atoms with E-state index in [4.69, 9.17) is 0 Å². The minimum atomic E-state index is 0.583. The third-order valence-electron chi connectivity index (χ3n) is 3.39. The van der Waals surface area contributed by atoms with Crippen LogP contribution in [0.5, 0.6) is 0 Å². The van der Waals surface area contributed by atoms with Crippen molar-refractivity contribution >= 4 is 0 Å². The van der Waals surface area contributed by atoms with Crippen LogP contribution in [-0.4, -0.2) is 15.8 Å². The topological polar surface area (TPSA) is 29.9 Å². The lowest BCUT2D eigenvalue weighted by Gasteiger charge is -2.22. The molecule has 0 amide bonds. The van der Waals surface area contributed by atoms with Crippen LogP contribution in [0.4, 0.5) is 0 Å². The largest absolute Gasteiger partial charge is 0.310 e. The number of nitrogens with zero attached hydrogens (tertiary/aromatic N) is 2. The molecule has 0 saturated carbocycles. The molecule has 0 aliphatic rings. The van der Waals surface area contributed by atoms with Crippen molar-refractivity contribution in [1.82, 2.24) is 15.1 Å². The Hall–Kier alpha value is -0.830. The average Bonchev–Trinajstić information content (AvgIpc) is 2.76. The number of hydrogen-bond acceptors (Lipinski definition) is 2. The third kappa shape index (κ3) is 3.63. The zero-order valence-corrected chi connectivity index (χ0v) is 11.0. The molecule has 0 spiro atoms. The van der Waals surface area contributed by atoms with E-state index in [0.717, 1.165) is 19.0 Å². The zero-order chi connectivity index (χ0) is 12.0. The summed E-state index contributed by atoms with van der Waals surface area (Å²) in [6.45, 7) is 10.8. The van der Waals surface area contributed by atoms with Crippen molar-refractivity contribution in [2.24, 2.45) is 5.92 Å². The van der Waals surface area contributed by atoms with E-state index in [9.17, 15) is 0 Å². The van der Waals surface area contributed by atoms with E-state index in [1.807, 2.05) is 10.9 Å². The van der Waals surface area contributed by atoms with Gasteiger partial charge in [-0.2, -0.15) is 5.10 Å². The molecule has 0 radical (unpaired) electrons. The minimum absolute atomic E-state index is 0.583. The number of rotatable bonds is 7. The summed E-state index contributed by atoms with van der Waals surface area (Å²) < 4.78 is 1.97. The molecule has 0 aliphatic carbocycles. The lowest BCUT2D eigenvalue weighted by Crippen LogP contribution is -2.32. The summed E-state index contributed by atoms with van der Waals surface area (Å²) in [6, 6.07) is 0.583. The highest BCUT2D eigenvalue weighted by Gasteiger charge is 2.12. The molecule has 1 rings (SSSR count). The van der Waals surface area contributed by atoms with Crippen LogP contribution >= 0.6 is 0 Å². The van der Waals surface area contributed by atoms with Gasteiger partial charge in [0.2, 0.25) is 0 Å². The predicted molar refractivity (Wildman–Crippen MR) is 68.3 cm³/mol. The summed E-state index contributed by atoms with van der Waals surface area (Å²) in [4.78, 5) is 0. The lowest BCUT2D eigenvalue weighted by atomic mass is 9.95. The fourth-order valence-corrected chi connectivity index (χ4v) is 2.11. The summed E-state index contributed by atoms with van der Waals surface area (Å²) in [7, 11) is 0. The van der Waals surface area contributed by atoms with E-state index >= 15 is 0 Å². The number of nitrogens with one attached hydrogen (secondary N) is 1. The highest BCUT2D eigenvalue weighted by Crippen LogP contribution is 2.13. The van der Waals surface area contributed by atoms with E-state index < -0.39 is 0 Å². The zero-order valence-electron chi connectivity index (χ0n) is 11.0. The second-order valence-corrected chi connectivity index (χ2v) is 4.45. The maximum Gasteiger partial charge on any atom is 0.0534 e. The fourth-order valence-electron chi connectivity index (χ4n) is 2.11. The first-order valence-corrected chi connectivity index (χ1v) is 6.45. The second kappa shape index (κ2) is 6.69. The molecule has 16 heavy (non-hydrogen) atoms. The molecule has 0 bridgehead atoms. The van der Waals surface area contributed by atoms with Gasteiger partial charge in [0, 0.05) is 30.9 Å². The van der Waals surface area contributed by atoms with Gasteiger partial charge in [0.15, 0.2) is 0 Å². The molecular weight excluding hydrogens is 198 g/mol. The lowest BCUT2D eigenvalue weighted by molar-refractivity contribution is 0.353. The van der Waals surface area contributed by atoms with Gasteiger partial charge >= 0.3 is 0 Å². The van der Waals surface area contributed by atoms with Crippen LogP contribution in [0.25, 0.3) is 0 Å². The summed E-state index contributed by atoms with van der Waals surface area (Å²) in [6.07, 6.45) is 6.57. The van der Waals surface area contributed by atoms with Gasteiger partial charge in [0.1, 0.15) is 0 Å². The molecule has 0 aliphatic heterocycles. The molecule has 1 unspecified atom stereocenters. The van der Waals surface area contributed by atoms with Crippen molar-refractivity contribution in [2.75, 3.05) is 0 Å². The summed E-state index contributed by atoms with van der Waals surface area (Å²) in [5.41, 5.74) is 1.28. The molecule has 1 atom stereocenters. The van der Waals surface area contributed by atoms with Crippen LogP contribution in [-0.2, 0) is 13.1 Å². The average molecular weight is 223 g/mol. The van der Waals surface area contributed by atoms with E-state index in [1.54, 1.807) is 0 Å². The highest BCUT2D eigenvalue weighted by molar-refractivity contribution is 5.03. The molecule has 1 heterocycles. The normalized spacial score (nSPS) is 13.3. The van der Waals surface area contributed by atoms with Crippen LogP contribution in [0.3, 0.4) is 0 Å². The third-order valence-corrected chi connectivity index (χ3v) is 3.39. The van der Waals surface area contributed by atoms with Gasteiger partial charge in [0.05, 0.1) is 6.20 Å². The van der Waals surface area contributed by atoms with Gasteiger partial charge < -0.3 is 5.32 Å². The van der Waals surface area contributed by atoms with Crippen LogP contribution in [0.2, 0.25) is 0 Å². The van der Waals surface area contributed by atoms with Gasteiger partial charge in [-0.25, -0.2) is 0 Å². The second-order valence-electron chi connectivity index (χ2n) is 4.45. The smallest absolute Gasteiger partial charge is 0.0534 e. The Morgan fingerprint density at radius 2 is 2.00 bits per heavy atom. The van der Waals surface area contributed by atoms with E-state index in [1.165, 1.54) is 18.4 Å². The van der Waals surface area contributed by atoms with Crippen LogP contribution < -0.4 is 5.32 Å². The highest BCUT2D eigenvalue weighted by atomic mass is 15.3. The summed E-state index contributed by atoms with van der Waals surface area (Å²) in [5, 5.41) is 7.86. The molecule has 3 heteroatoms. The van der Waals surface area contributed by atoms with Crippen molar-refractivity contribution in [3.63, 3.8) is 0 Å². The maximum atomic E-state index is 4.27. The molecular formula is C13H25N3. The molecule has 0 fully saturated rings. The van der Waals surface area contributed by atoms with Gasteiger partial charge in [-0.3, -0.25) is 4.68 Å². The first kappa shape index (κ1) is 13.2. The molecule has 92 valence electrons. The van der Waals surface area contributed by atoms with Gasteiger partial charge in [-0.1, -0.05) is 26.7 Å². The monoisotopic (exact) mass is 223 g/mol. The van der Waals surface area contributed by atoms with Crippen molar-refractivity contribution in [3.8, 4) is 0 Å².